The van der Waals surface area contributed by atoms with Crippen LogP contribution in [0.3, 0.4) is 0 Å². The molecule has 0 fully saturated rings. The molecule has 0 saturated carbocycles. The Balaban J connectivity index is 1.35. The Morgan fingerprint density at radius 1 is 0.465 bits per heavy atom. The van der Waals surface area contributed by atoms with Crippen molar-refractivity contribution in [3.63, 3.8) is 0 Å². The van der Waals surface area contributed by atoms with Crippen molar-refractivity contribution in [1.29, 1.82) is 0 Å². The molecular formula is C42H33N. The number of hydrogen-bond acceptors (Lipinski definition) is 1. The van der Waals surface area contributed by atoms with Crippen LogP contribution >= 0.6 is 0 Å². The Hall–Kier alpha value is -4.88. The van der Waals surface area contributed by atoms with Crippen molar-refractivity contribution >= 4 is 5.69 Å². The maximum absolute atomic E-state index is 3.96. The fraction of sp³-hybridized carbons (Fsp3) is 0.143. The molecule has 0 saturated heterocycles. The van der Waals surface area contributed by atoms with E-state index in [1.54, 1.807) is 0 Å². The van der Waals surface area contributed by atoms with Gasteiger partial charge in [0.25, 0.3) is 0 Å². The maximum Gasteiger partial charge on any atom is 0.0719 e. The Kier molecular flexibility index (Phi) is 5.06. The highest BCUT2D eigenvalue weighted by atomic mass is 15.0. The van der Waals surface area contributed by atoms with Crippen LogP contribution in [0.4, 0.5) is 5.69 Å². The zero-order valence-corrected chi connectivity index (χ0v) is 24.5. The number of fused-ring (bicyclic) bond motifs is 10. The molecule has 2 atom stereocenters. The average Bonchev–Trinajstić information content (AvgIpc) is 3.59. The second kappa shape index (κ2) is 8.82. The van der Waals surface area contributed by atoms with Crippen molar-refractivity contribution in [1.82, 2.24) is 0 Å². The van der Waals surface area contributed by atoms with E-state index in [-0.39, 0.29) is 22.8 Å². The van der Waals surface area contributed by atoms with E-state index in [9.17, 15) is 0 Å². The third-order valence-electron chi connectivity index (χ3n) is 10.5. The molecule has 43 heavy (non-hydrogen) atoms. The lowest BCUT2D eigenvalue weighted by molar-refractivity contribution is 0.561. The van der Waals surface area contributed by atoms with Gasteiger partial charge in [0.1, 0.15) is 0 Å². The van der Waals surface area contributed by atoms with Gasteiger partial charge in [-0.2, -0.15) is 0 Å². The van der Waals surface area contributed by atoms with Crippen LogP contribution in [0.2, 0.25) is 0 Å². The van der Waals surface area contributed by atoms with Gasteiger partial charge in [0.05, 0.1) is 11.5 Å². The number of benzene rings is 6. The highest BCUT2D eigenvalue weighted by Crippen LogP contribution is 2.62. The summed E-state index contributed by atoms with van der Waals surface area (Å²) in [6, 6.07) is 54.8. The van der Waals surface area contributed by atoms with Crippen LogP contribution in [0.25, 0.3) is 11.1 Å². The number of rotatable bonds is 2. The molecule has 0 radical (unpaired) electrons. The third kappa shape index (κ3) is 3.17. The fourth-order valence-corrected chi connectivity index (χ4v) is 8.71. The van der Waals surface area contributed by atoms with E-state index in [2.05, 4.69) is 165 Å². The summed E-state index contributed by atoms with van der Waals surface area (Å²) in [6.07, 6.45) is 0. The van der Waals surface area contributed by atoms with Crippen LogP contribution in [0.1, 0.15) is 75.9 Å². The van der Waals surface area contributed by atoms with Crippen LogP contribution in [-0.2, 0) is 10.8 Å². The van der Waals surface area contributed by atoms with Crippen LogP contribution in [0.15, 0.2) is 146 Å². The van der Waals surface area contributed by atoms with E-state index in [0.717, 1.165) is 0 Å². The normalized spacial score (nSPS) is 19.5. The second-order valence-corrected chi connectivity index (χ2v) is 12.9. The molecule has 2 unspecified atom stereocenters. The van der Waals surface area contributed by atoms with Gasteiger partial charge in [0.2, 0.25) is 0 Å². The second-order valence-electron chi connectivity index (χ2n) is 12.9. The van der Waals surface area contributed by atoms with Gasteiger partial charge in [0, 0.05) is 17.0 Å². The Morgan fingerprint density at radius 3 is 1.74 bits per heavy atom. The lowest BCUT2D eigenvalue weighted by atomic mass is 9.55. The zero-order valence-electron chi connectivity index (χ0n) is 24.5. The first-order valence-electron chi connectivity index (χ1n) is 15.4. The number of hydrogen-bond donors (Lipinski definition) is 1. The van der Waals surface area contributed by atoms with Gasteiger partial charge in [-0.1, -0.05) is 153 Å². The molecule has 1 aliphatic heterocycles. The van der Waals surface area contributed by atoms with Crippen LogP contribution < -0.4 is 5.32 Å². The van der Waals surface area contributed by atoms with Gasteiger partial charge in [0.15, 0.2) is 0 Å². The fourth-order valence-electron chi connectivity index (χ4n) is 8.71. The first-order chi connectivity index (χ1) is 21.1. The largest absolute Gasteiger partial charge is 0.377 e. The molecule has 3 aliphatic rings. The summed E-state index contributed by atoms with van der Waals surface area (Å²) < 4.78 is 0. The first kappa shape index (κ1) is 24.7. The SMILES string of the molecule is CC1(C)c2ccccc2C2(c3ccccc3-c3ccccc32)c2cc(C3Nc4ccccc4C3c3ccccc3)ccc21. The molecule has 6 aromatic carbocycles. The smallest absolute Gasteiger partial charge is 0.0719 e. The Labute approximate surface area is 253 Å². The summed E-state index contributed by atoms with van der Waals surface area (Å²) in [5.41, 5.74) is 15.9. The summed E-state index contributed by atoms with van der Waals surface area (Å²) in [5, 5.41) is 3.96. The van der Waals surface area contributed by atoms with E-state index in [0.29, 0.717) is 0 Å². The van der Waals surface area contributed by atoms with Gasteiger partial charge in [-0.3, -0.25) is 0 Å². The van der Waals surface area contributed by atoms with Crippen molar-refractivity contribution in [2.75, 3.05) is 5.32 Å². The Morgan fingerprint density at radius 2 is 1.02 bits per heavy atom. The highest BCUT2D eigenvalue weighted by molar-refractivity contribution is 5.88. The standard InChI is InChI=1S/C42H33N/c1-41(2)34-21-11-12-22-36(34)42(32-19-9-6-16-29(32)30-17-7-10-20-33(30)42)37-26-28(24-25-35(37)41)40-39(27-14-4-3-5-15-27)31-18-8-13-23-38(31)43-40/h3-26,39-40,43H,1-2H3. The average molecular weight is 552 g/mol. The van der Waals surface area contributed by atoms with E-state index in [1.165, 1.54) is 66.9 Å². The molecule has 1 N–H and O–H groups in total. The molecule has 1 nitrogen and oxygen atoms in total. The van der Waals surface area contributed by atoms with Crippen LogP contribution in [0.5, 0.6) is 0 Å². The number of para-hydroxylation sites is 1. The van der Waals surface area contributed by atoms with E-state index in [1.807, 2.05) is 0 Å². The summed E-state index contributed by atoms with van der Waals surface area (Å²) >= 11 is 0. The highest BCUT2D eigenvalue weighted by Gasteiger charge is 2.53. The van der Waals surface area contributed by atoms with Crippen LogP contribution in [-0.4, -0.2) is 0 Å². The number of anilines is 1. The molecule has 1 heterocycles. The van der Waals surface area contributed by atoms with Crippen molar-refractivity contribution in [2.45, 2.75) is 36.6 Å². The molecule has 0 amide bonds. The van der Waals surface area contributed by atoms with Gasteiger partial charge in [-0.25, -0.2) is 0 Å². The van der Waals surface area contributed by atoms with Crippen LogP contribution in [0, 0.1) is 0 Å². The minimum Gasteiger partial charge on any atom is -0.377 e. The van der Waals surface area contributed by atoms with Crippen molar-refractivity contribution in [3.8, 4) is 11.1 Å². The molecule has 206 valence electrons. The molecule has 1 heteroatoms. The molecule has 6 aromatic rings. The van der Waals surface area contributed by atoms with Gasteiger partial charge >= 0.3 is 0 Å². The number of nitrogens with one attached hydrogen (secondary N) is 1. The Bertz CT molecular complexity index is 2000. The van der Waals surface area contributed by atoms with Gasteiger partial charge in [-0.15, -0.1) is 0 Å². The van der Waals surface area contributed by atoms with Gasteiger partial charge in [-0.05, 0) is 67.3 Å². The summed E-state index contributed by atoms with van der Waals surface area (Å²) in [4.78, 5) is 0. The zero-order chi connectivity index (χ0) is 28.8. The minimum atomic E-state index is -0.377. The van der Waals surface area contributed by atoms with E-state index in [4.69, 9.17) is 0 Å². The first-order valence-corrected chi connectivity index (χ1v) is 15.4. The third-order valence-corrected chi connectivity index (χ3v) is 10.5. The summed E-state index contributed by atoms with van der Waals surface area (Å²) in [6.45, 7) is 4.81. The quantitative estimate of drug-likeness (QED) is 0.225. The molecule has 0 bridgehead atoms. The predicted molar refractivity (Wildman–Crippen MR) is 177 cm³/mol. The molecular weight excluding hydrogens is 518 g/mol. The lowest BCUT2D eigenvalue weighted by Gasteiger charge is -2.47. The molecule has 1 spiro atoms. The molecule has 9 rings (SSSR count). The van der Waals surface area contributed by atoms with Crippen molar-refractivity contribution in [3.05, 3.63) is 196 Å². The monoisotopic (exact) mass is 551 g/mol. The van der Waals surface area contributed by atoms with Crippen molar-refractivity contribution in [2.24, 2.45) is 0 Å². The topological polar surface area (TPSA) is 12.0 Å². The lowest BCUT2D eigenvalue weighted by Crippen LogP contribution is -2.41. The van der Waals surface area contributed by atoms with Crippen molar-refractivity contribution < 1.29 is 0 Å². The summed E-state index contributed by atoms with van der Waals surface area (Å²) in [7, 11) is 0. The minimum absolute atomic E-state index is 0.132. The van der Waals surface area contributed by atoms with E-state index >= 15 is 0 Å². The predicted octanol–water partition coefficient (Wildman–Crippen LogP) is 9.99. The summed E-state index contributed by atoms with van der Waals surface area (Å²) in [5.74, 6) is 0.235. The van der Waals surface area contributed by atoms with E-state index < -0.39 is 0 Å². The molecule has 0 aromatic heterocycles. The molecule has 2 aliphatic carbocycles. The maximum atomic E-state index is 3.96. The van der Waals surface area contributed by atoms with Gasteiger partial charge < -0.3 is 5.32 Å².